The second-order valence-corrected chi connectivity index (χ2v) is 6.96. The summed E-state index contributed by atoms with van der Waals surface area (Å²) in [6.45, 7) is 4.12. The van der Waals surface area contributed by atoms with Crippen molar-refractivity contribution >= 4 is 17.8 Å². The van der Waals surface area contributed by atoms with E-state index in [0.29, 0.717) is 19.4 Å². The lowest BCUT2D eigenvalue weighted by atomic mass is 10.0. The molecule has 7 heteroatoms. The SMILES string of the molecule is CC(C)NC(=O)N[C@@H]1C[C@@H]2C(=O)N[C@H](Cc3ccccc3)C(=O)N2C1. The van der Waals surface area contributed by atoms with Gasteiger partial charge in [0.2, 0.25) is 11.8 Å². The highest BCUT2D eigenvalue weighted by Gasteiger charge is 2.46. The van der Waals surface area contributed by atoms with Gasteiger partial charge < -0.3 is 20.9 Å². The Kier molecular flexibility index (Phi) is 4.92. The smallest absolute Gasteiger partial charge is 0.315 e. The first kappa shape index (κ1) is 17.3. The number of fused-ring (bicyclic) bond motifs is 1. The lowest BCUT2D eigenvalue weighted by Crippen LogP contribution is -2.61. The summed E-state index contributed by atoms with van der Waals surface area (Å²) in [5.41, 5.74) is 1.00. The summed E-state index contributed by atoms with van der Waals surface area (Å²) >= 11 is 0. The number of rotatable bonds is 4. The molecule has 0 radical (unpaired) electrons. The maximum absolute atomic E-state index is 12.7. The second-order valence-electron chi connectivity index (χ2n) is 6.96. The van der Waals surface area contributed by atoms with Gasteiger partial charge >= 0.3 is 6.03 Å². The van der Waals surface area contributed by atoms with Gasteiger partial charge in [-0.3, -0.25) is 9.59 Å². The minimum absolute atomic E-state index is 0.0316. The molecular weight excluding hydrogens is 320 g/mol. The summed E-state index contributed by atoms with van der Waals surface area (Å²) in [6, 6.07) is 8.13. The summed E-state index contributed by atoms with van der Waals surface area (Å²) in [7, 11) is 0. The number of amides is 4. The summed E-state index contributed by atoms with van der Waals surface area (Å²) < 4.78 is 0. The van der Waals surface area contributed by atoms with Crippen LogP contribution in [-0.2, 0) is 16.0 Å². The molecule has 7 nitrogen and oxygen atoms in total. The molecule has 1 aromatic carbocycles. The van der Waals surface area contributed by atoms with Gasteiger partial charge in [0.05, 0.1) is 6.04 Å². The largest absolute Gasteiger partial charge is 0.342 e. The molecule has 0 saturated carbocycles. The van der Waals surface area contributed by atoms with Gasteiger partial charge in [-0.15, -0.1) is 0 Å². The summed E-state index contributed by atoms with van der Waals surface area (Å²) in [4.78, 5) is 38.6. The van der Waals surface area contributed by atoms with Gasteiger partial charge in [0.15, 0.2) is 0 Å². The molecule has 3 atom stereocenters. The van der Waals surface area contributed by atoms with Crippen LogP contribution in [-0.4, -0.2) is 53.5 Å². The van der Waals surface area contributed by atoms with Gasteiger partial charge in [-0.05, 0) is 25.8 Å². The van der Waals surface area contributed by atoms with Crippen molar-refractivity contribution in [1.29, 1.82) is 0 Å². The molecule has 134 valence electrons. The number of urea groups is 1. The number of nitrogens with one attached hydrogen (secondary N) is 3. The van der Waals surface area contributed by atoms with Crippen molar-refractivity contribution in [2.45, 2.75) is 50.9 Å². The van der Waals surface area contributed by atoms with Crippen molar-refractivity contribution in [1.82, 2.24) is 20.9 Å². The molecule has 0 unspecified atom stereocenters. The molecule has 2 saturated heterocycles. The number of hydrogen-bond acceptors (Lipinski definition) is 3. The lowest BCUT2D eigenvalue weighted by Gasteiger charge is -2.34. The Bertz CT molecular complexity index is 662. The van der Waals surface area contributed by atoms with E-state index in [4.69, 9.17) is 0 Å². The first-order chi connectivity index (χ1) is 11.9. The molecule has 2 heterocycles. The van der Waals surface area contributed by atoms with Crippen molar-refractivity contribution in [2.75, 3.05) is 6.54 Å². The predicted octanol–water partition coefficient (Wildman–Crippen LogP) is 0.405. The Morgan fingerprint density at radius 3 is 2.68 bits per heavy atom. The third kappa shape index (κ3) is 3.92. The summed E-state index contributed by atoms with van der Waals surface area (Å²) in [5, 5.41) is 8.44. The van der Waals surface area contributed by atoms with Gasteiger partial charge in [0, 0.05) is 19.0 Å². The molecule has 25 heavy (non-hydrogen) atoms. The van der Waals surface area contributed by atoms with Crippen molar-refractivity contribution in [2.24, 2.45) is 0 Å². The van der Waals surface area contributed by atoms with Crippen molar-refractivity contribution in [3.05, 3.63) is 35.9 Å². The fourth-order valence-corrected chi connectivity index (χ4v) is 3.44. The number of piperazine rings is 1. The second kappa shape index (κ2) is 7.13. The fraction of sp³-hybridized carbons (Fsp3) is 0.500. The molecule has 0 bridgehead atoms. The lowest BCUT2D eigenvalue weighted by molar-refractivity contribution is -0.147. The van der Waals surface area contributed by atoms with Crippen LogP contribution in [0.3, 0.4) is 0 Å². The zero-order valence-electron chi connectivity index (χ0n) is 14.5. The topological polar surface area (TPSA) is 90.5 Å². The van der Waals surface area contributed by atoms with Crippen LogP contribution < -0.4 is 16.0 Å². The predicted molar refractivity (Wildman–Crippen MR) is 92.8 cm³/mol. The Labute approximate surface area is 147 Å². The first-order valence-electron chi connectivity index (χ1n) is 8.66. The van der Waals surface area contributed by atoms with Crippen LogP contribution in [0.2, 0.25) is 0 Å². The molecule has 2 aliphatic rings. The van der Waals surface area contributed by atoms with Gasteiger partial charge in [-0.2, -0.15) is 0 Å². The maximum Gasteiger partial charge on any atom is 0.315 e. The Hall–Kier alpha value is -2.57. The fourth-order valence-electron chi connectivity index (χ4n) is 3.44. The van der Waals surface area contributed by atoms with Crippen molar-refractivity contribution in [3.63, 3.8) is 0 Å². The molecule has 0 aromatic heterocycles. The number of hydrogen-bond donors (Lipinski definition) is 3. The quantitative estimate of drug-likeness (QED) is 0.739. The maximum atomic E-state index is 12.7. The summed E-state index contributed by atoms with van der Waals surface area (Å²) in [5.74, 6) is -0.226. The normalized spacial score (nSPS) is 25.6. The molecule has 2 aliphatic heterocycles. The molecule has 1 aromatic rings. The summed E-state index contributed by atoms with van der Waals surface area (Å²) in [6.07, 6.45) is 0.918. The average Bonchev–Trinajstić information content (AvgIpc) is 2.97. The van der Waals surface area contributed by atoms with E-state index < -0.39 is 12.1 Å². The Morgan fingerprint density at radius 1 is 1.28 bits per heavy atom. The highest BCUT2D eigenvalue weighted by Crippen LogP contribution is 2.24. The zero-order chi connectivity index (χ0) is 18.0. The van der Waals surface area contributed by atoms with E-state index in [1.165, 1.54) is 0 Å². The van der Waals surface area contributed by atoms with E-state index in [1.54, 1.807) is 4.90 Å². The molecule has 2 fully saturated rings. The van der Waals surface area contributed by atoms with Crippen LogP contribution in [0.15, 0.2) is 30.3 Å². The average molecular weight is 344 g/mol. The van der Waals surface area contributed by atoms with Gasteiger partial charge in [0.1, 0.15) is 12.1 Å². The minimum Gasteiger partial charge on any atom is -0.342 e. The van der Waals surface area contributed by atoms with Gasteiger partial charge in [0.25, 0.3) is 0 Å². The third-order valence-corrected chi connectivity index (χ3v) is 4.54. The van der Waals surface area contributed by atoms with E-state index >= 15 is 0 Å². The molecule has 4 amide bonds. The highest BCUT2D eigenvalue weighted by molar-refractivity contribution is 5.97. The zero-order valence-corrected chi connectivity index (χ0v) is 14.5. The van der Waals surface area contributed by atoms with Gasteiger partial charge in [-0.25, -0.2) is 4.79 Å². The highest BCUT2D eigenvalue weighted by atomic mass is 16.2. The third-order valence-electron chi connectivity index (χ3n) is 4.54. The van der Waals surface area contributed by atoms with E-state index in [0.717, 1.165) is 5.56 Å². The van der Waals surface area contributed by atoms with Crippen LogP contribution in [0.4, 0.5) is 4.79 Å². The molecular formula is C18H24N4O3. The Balaban J connectivity index is 1.64. The van der Waals surface area contributed by atoms with Crippen LogP contribution >= 0.6 is 0 Å². The van der Waals surface area contributed by atoms with E-state index in [1.807, 2.05) is 44.2 Å². The van der Waals surface area contributed by atoms with E-state index in [2.05, 4.69) is 16.0 Å². The molecule has 3 N–H and O–H groups in total. The van der Waals surface area contributed by atoms with Crippen LogP contribution in [0.25, 0.3) is 0 Å². The van der Waals surface area contributed by atoms with Crippen LogP contribution in [0, 0.1) is 0 Å². The standard InChI is InChI=1S/C18H24N4O3/c1-11(2)19-18(25)20-13-9-15-16(23)21-14(17(24)22(15)10-13)8-12-6-4-3-5-7-12/h3-7,11,13-15H,8-10H2,1-2H3,(H,21,23)(H2,19,20,25)/t13-,14-,15-/m1/s1. The minimum atomic E-state index is -0.547. The Morgan fingerprint density at radius 2 is 2.00 bits per heavy atom. The molecule has 0 spiro atoms. The van der Waals surface area contributed by atoms with Crippen LogP contribution in [0.5, 0.6) is 0 Å². The van der Waals surface area contributed by atoms with E-state index in [9.17, 15) is 14.4 Å². The van der Waals surface area contributed by atoms with E-state index in [-0.39, 0.29) is 29.9 Å². The van der Waals surface area contributed by atoms with Crippen LogP contribution in [0.1, 0.15) is 25.8 Å². The van der Waals surface area contributed by atoms with Crippen molar-refractivity contribution in [3.8, 4) is 0 Å². The van der Waals surface area contributed by atoms with Gasteiger partial charge in [-0.1, -0.05) is 30.3 Å². The van der Waals surface area contributed by atoms with Crippen molar-refractivity contribution < 1.29 is 14.4 Å². The number of benzene rings is 1. The number of carbonyl (C=O) groups is 3. The molecule has 3 rings (SSSR count). The molecule has 0 aliphatic carbocycles. The monoisotopic (exact) mass is 344 g/mol. The number of nitrogens with zero attached hydrogens (tertiary/aromatic N) is 1. The number of carbonyl (C=O) groups excluding carboxylic acids is 3. The first-order valence-corrected chi connectivity index (χ1v) is 8.66.